The molecule has 0 bridgehead atoms. The van der Waals surface area contributed by atoms with Crippen molar-refractivity contribution in [2.75, 3.05) is 13.2 Å². The second-order valence-electron chi connectivity index (χ2n) is 8.45. The van der Waals surface area contributed by atoms with Crippen molar-refractivity contribution in [2.24, 2.45) is 0 Å². The molecule has 1 fully saturated rings. The van der Waals surface area contributed by atoms with Crippen LogP contribution < -0.4 is 4.74 Å². The van der Waals surface area contributed by atoms with Crippen LogP contribution >= 0.6 is 0 Å². The van der Waals surface area contributed by atoms with Crippen molar-refractivity contribution < 1.29 is 14.3 Å². The van der Waals surface area contributed by atoms with Gasteiger partial charge in [-0.25, -0.2) is 0 Å². The zero-order chi connectivity index (χ0) is 22.5. The highest BCUT2D eigenvalue weighted by atomic mass is 16.5. The average Bonchev–Trinajstić information content (AvgIpc) is 3.09. The van der Waals surface area contributed by atoms with Gasteiger partial charge in [-0.2, -0.15) is 0 Å². The average molecular weight is 433 g/mol. The molecule has 0 radical (unpaired) electrons. The molecular formula is C27H32N2O3. The maximum atomic E-state index is 13.7. The van der Waals surface area contributed by atoms with Gasteiger partial charge < -0.3 is 9.64 Å². The summed E-state index contributed by atoms with van der Waals surface area (Å²) in [5, 5.41) is 0. The lowest BCUT2D eigenvalue weighted by Crippen LogP contribution is -2.43. The lowest BCUT2D eigenvalue weighted by atomic mass is 9.94. The van der Waals surface area contributed by atoms with Crippen molar-refractivity contribution in [1.82, 2.24) is 9.80 Å². The van der Waals surface area contributed by atoms with Crippen LogP contribution in [0, 0.1) is 0 Å². The maximum Gasteiger partial charge on any atom is 0.278 e. The molecule has 168 valence electrons. The molecule has 0 saturated heterocycles. The van der Waals surface area contributed by atoms with E-state index in [2.05, 4.69) is 12.1 Å². The predicted octanol–water partition coefficient (Wildman–Crippen LogP) is 5.02. The first-order valence-electron chi connectivity index (χ1n) is 11.8. The Hall–Kier alpha value is -3.08. The summed E-state index contributed by atoms with van der Waals surface area (Å²) in [5.74, 6) is 0.451. The molecule has 0 atom stereocenters. The molecule has 2 aliphatic rings. The van der Waals surface area contributed by atoms with Crippen molar-refractivity contribution in [3.63, 3.8) is 0 Å². The smallest absolute Gasteiger partial charge is 0.278 e. The highest BCUT2D eigenvalue weighted by Crippen LogP contribution is 2.37. The van der Waals surface area contributed by atoms with E-state index in [0.717, 1.165) is 42.6 Å². The SMILES string of the molecule is CCOc1ccc(C2=C(N(CC)Cc3ccccc3)C(=O)N(C3CCCCC3)C2=O)cc1. The van der Waals surface area contributed by atoms with Gasteiger partial charge in [-0.1, -0.05) is 61.7 Å². The molecule has 1 saturated carbocycles. The van der Waals surface area contributed by atoms with Gasteiger partial charge in [0.1, 0.15) is 11.4 Å². The number of hydrogen-bond donors (Lipinski definition) is 0. The van der Waals surface area contributed by atoms with Crippen LogP contribution in [0.5, 0.6) is 5.75 Å². The van der Waals surface area contributed by atoms with Crippen molar-refractivity contribution in [2.45, 2.75) is 58.5 Å². The Morgan fingerprint density at radius 3 is 2.22 bits per heavy atom. The van der Waals surface area contributed by atoms with Gasteiger partial charge in [0.25, 0.3) is 11.8 Å². The number of carbonyl (C=O) groups is 2. The number of carbonyl (C=O) groups excluding carboxylic acids is 2. The molecule has 2 aromatic carbocycles. The number of likely N-dealkylation sites (N-methyl/N-ethyl adjacent to an activating group) is 1. The van der Waals surface area contributed by atoms with Gasteiger partial charge >= 0.3 is 0 Å². The van der Waals surface area contributed by atoms with Gasteiger partial charge in [0.15, 0.2) is 0 Å². The van der Waals surface area contributed by atoms with E-state index in [0.29, 0.717) is 31.0 Å². The molecule has 1 aliphatic heterocycles. The lowest BCUT2D eigenvalue weighted by Gasteiger charge is -2.31. The van der Waals surface area contributed by atoms with Gasteiger partial charge in [-0.05, 0) is 49.9 Å². The molecule has 0 N–H and O–H groups in total. The number of benzene rings is 2. The van der Waals surface area contributed by atoms with E-state index >= 15 is 0 Å². The number of hydrogen-bond acceptors (Lipinski definition) is 4. The third-order valence-corrected chi connectivity index (χ3v) is 6.40. The van der Waals surface area contributed by atoms with Crippen LogP contribution in [0.25, 0.3) is 5.57 Å². The van der Waals surface area contributed by atoms with Crippen LogP contribution in [0.2, 0.25) is 0 Å². The fraction of sp³-hybridized carbons (Fsp3) is 0.407. The molecular weight excluding hydrogens is 400 g/mol. The van der Waals surface area contributed by atoms with E-state index in [9.17, 15) is 9.59 Å². The second-order valence-corrected chi connectivity index (χ2v) is 8.45. The summed E-state index contributed by atoms with van der Waals surface area (Å²) in [7, 11) is 0. The molecule has 1 heterocycles. The summed E-state index contributed by atoms with van der Waals surface area (Å²) in [5.41, 5.74) is 2.92. The van der Waals surface area contributed by atoms with Crippen LogP contribution in [-0.2, 0) is 16.1 Å². The van der Waals surface area contributed by atoms with Crippen LogP contribution in [0.1, 0.15) is 57.1 Å². The molecule has 0 unspecified atom stereocenters. The number of amides is 2. The Morgan fingerprint density at radius 1 is 0.906 bits per heavy atom. The standard InChI is InChI=1S/C27H32N2O3/c1-3-28(19-20-11-7-5-8-12-20)25-24(21-15-17-23(18-16-21)32-4-2)26(30)29(27(25)31)22-13-9-6-10-14-22/h5,7-8,11-12,15-18,22H,3-4,6,9-10,13-14,19H2,1-2H3. The Kier molecular flexibility index (Phi) is 6.93. The van der Waals surface area contributed by atoms with Crippen LogP contribution in [0.3, 0.4) is 0 Å². The molecule has 2 aromatic rings. The number of rotatable bonds is 8. The van der Waals surface area contributed by atoms with E-state index in [1.807, 2.05) is 61.2 Å². The number of ether oxygens (including phenoxy) is 1. The minimum atomic E-state index is -0.160. The lowest BCUT2D eigenvalue weighted by molar-refractivity contribution is -0.141. The summed E-state index contributed by atoms with van der Waals surface area (Å²) >= 11 is 0. The van der Waals surface area contributed by atoms with Crippen LogP contribution in [0.15, 0.2) is 60.3 Å². The minimum Gasteiger partial charge on any atom is -0.494 e. The fourth-order valence-electron chi connectivity index (χ4n) is 4.80. The quantitative estimate of drug-likeness (QED) is 0.550. The zero-order valence-electron chi connectivity index (χ0n) is 19.0. The van der Waals surface area contributed by atoms with E-state index < -0.39 is 0 Å². The summed E-state index contributed by atoms with van der Waals surface area (Å²) in [4.78, 5) is 31.0. The Labute approximate surface area is 190 Å². The number of imide groups is 1. The molecule has 5 heteroatoms. The van der Waals surface area contributed by atoms with Gasteiger partial charge in [-0.3, -0.25) is 14.5 Å². The van der Waals surface area contributed by atoms with E-state index in [1.165, 1.54) is 6.42 Å². The van der Waals surface area contributed by atoms with Crippen LogP contribution in [0.4, 0.5) is 0 Å². The number of nitrogens with zero attached hydrogens (tertiary/aromatic N) is 2. The highest BCUT2D eigenvalue weighted by molar-refractivity contribution is 6.35. The molecule has 32 heavy (non-hydrogen) atoms. The fourth-order valence-corrected chi connectivity index (χ4v) is 4.80. The Bertz CT molecular complexity index is 976. The monoisotopic (exact) mass is 432 g/mol. The first-order valence-corrected chi connectivity index (χ1v) is 11.8. The van der Waals surface area contributed by atoms with Crippen molar-refractivity contribution in [3.05, 3.63) is 71.4 Å². The van der Waals surface area contributed by atoms with Gasteiger partial charge in [-0.15, -0.1) is 0 Å². The molecule has 1 aliphatic carbocycles. The van der Waals surface area contributed by atoms with E-state index in [1.54, 1.807) is 4.90 Å². The third-order valence-electron chi connectivity index (χ3n) is 6.40. The first-order chi connectivity index (χ1) is 15.6. The predicted molar refractivity (Wildman–Crippen MR) is 126 cm³/mol. The van der Waals surface area contributed by atoms with Crippen LogP contribution in [-0.4, -0.2) is 40.8 Å². The minimum absolute atomic E-state index is 0.00520. The third kappa shape index (κ3) is 4.43. The van der Waals surface area contributed by atoms with E-state index in [4.69, 9.17) is 4.74 Å². The zero-order valence-corrected chi connectivity index (χ0v) is 19.0. The van der Waals surface area contributed by atoms with Crippen molar-refractivity contribution in [3.8, 4) is 5.75 Å². The topological polar surface area (TPSA) is 49.9 Å². The summed E-state index contributed by atoms with van der Waals surface area (Å²) in [6, 6.07) is 17.6. The van der Waals surface area contributed by atoms with Gasteiger partial charge in [0, 0.05) is 19.1 Å². The Balaban J connectivity index is 1.74. The summed E-state index contributed by atoms with van der Waals surface area (Å²) in [6.07, 6.45) is 5.10. The maximum absolute atomic E-state index is 13.7. The van der Waals surface area contributed by atoms with Crippen molar-refractivity contribution >= 4 is 17.4 Å². The molecule has 2 amide bonds. The summed E-state index contributed by atoms with van der Waals surface area (Å²) < 4.78 is 5.57. The van der Waals surface area contributed by atoms with Gasteiger partial charge in [0.2, 0.25) is 0 Å². The second kappa shape index (κ2) is 10.0. The molecule has 0 aromatic heterocycles. The highest BCUT2D eigenvalue weighted by Gasteiger charge is 2.44. The van der Waals surface area contributed by atoms with Gasteiger partial charge in [0.05, 0.1) is 12.2 Å². The first kappa shape index (κ1) is 22.1. The Morgan fingerprint density at radius 2 is 1.59 bits per heavy atom. The van der Waals surface area contributed by atoms with E-state index in [-0.39, 0.29) is 17.9 Å². The molecule has 4 rings (SSSR count). The molecule has 5 nitrogen and oxygen atoms in total. The summed E-state index contributed by atoms with van der Waals surface area (Å²) in [6.45, 7) is 5.79. The largest absolute Gasteiger partial charge is 0.494 e. The van der Waals surface area contributed by atoms with Crippen molar-refractivity contribution in [1.29, 1.82) is 0 Å². The molecule has 0 spiro atoms. The normalized spacial score (nSPS) is 17.2.